The lowest BCUT2D eigenvalue weighted by Crippen LogP contribution is -2.50. The van der Waals surface area contributed by atoms with Crippen molar-refractivity contribution >= 4 is 5.96 Å². The second kappa shape index (κ2) is 10.3. The van der Waals surface area contributed by atoms with Gasteiger partial charge in [-0.05, 0) is 12.0 Å². The maximum absolute atomic E-state index is 12.1. The molecule has 0 saturated carbocycles. The van der Waals surface area contributed by atoms with Crippen LogP contribution in [0.2, 0.25) is 0 Å². The van der Waals surface area contributed by atoms with Crippen LogP contribution in [0.5, 0.6) is 0 Å². The summed E-state index contributed by atoms with van der Waals surface area (Å²) in [6.45, 7) is 3.42. The molecule has 1 aromatic rings. The number of hydrogen-bond donors (Lipinski definition) is 1. The van der Waals surface area contributed by atoms with Crippen LogP contribution in [-0.4, -0.2) is 87.1 Å². The van der Waals surface area contributed by atoms with Crippen molar-refractivity contribution in [1.82, 2.24) is 15.1 Å². The quantitative estimate of drug-likeness (QED) is 0.421. The van der Waals surface area contributed by atoms with Crippen LogP contribution in [-0.2, 0) is 16.0 Å². The van der Waals surface area contributed by atoms with Gasteiger partial charge in [0.1, 0.15) is 6.61 Å². The molecule has 3 rings (SSSR count). The third-order valence-corrected chi connectivity index (χ3v) is 5.17. The first-order valence-corrected chi connectivity index (χ1v) is 9.96. The minimum absolute atomic E-state index is 0.0583. The van der Waals surface area contributed by atoms with Gasteiger partial charge in [-0.25, -0.2) is 0 Å². The number of benzene rings is 1. The molecule has 2 atom stereocenters. The van der Waals surface area contributed by atoms with E-state index in [9.17, 15) is 13.2 Å². The van der Waals surface area contributed by atoms with Gasteiger partial charge in [-0.2, -0.15) is 13.2 Å². The summed E-state index contributed by atoms with van der Waals surface area (Å²) in [5.74, 6) is 0.749. The molecule has 0 bridgehead atoms. The van der Waals surface area contributed by atoms with Gasteiger partial charge in [0.2, 0.25) is 0 Å². The first-order chi connectivity index (χ1) is 14.0. The highest BCUT2D eigenvalue weighted by atomic mass is 19.4. The molecule has 2 heterocycles. The molecule has 9 heteroatoms. The number of alkyl halides is 3. The van der Waals surface area contributed by atoms with Gasteiger partial charge < -0.3 is 19.7 Å². The standard InChI is InChI=1S/C20H29F3N4O2/c1-24-19(25-8-5-10-28-15-20(21,22)23)27-13-17-18(14-27)29-11-9-26(17)12-16-6-3-2-4-7-16/h2-4,6-7,17-18H,5,8-15H2,1H3,(H,24,25). The molecular weight excluding hydrogens is 385 g/mol. The molecule has 2 unspecified atom stereocenters. The number of fused-ring (bicyclic) bond motifs is 1. The molecule has 2 saturated heterocycles. The van der Waals surface area contributed by atoms with Crippen LogP contribution in [0.15, 0.2) is 35.3 Å². The fourth-order valence-corrected chi connectivity index (χ4v) is 3.84. The Balaban J connectivity index is 1.46. The van der Waals surface area contributed by atoms with Gasteiger partial charge >= 0.3 is 6.18 Å². The van der Waals surface area contributed by atoms with Gasteiger partial charge in [-0.1, -0.05) is 30.3 Å². The van der Waals surface area contributed by atoms with Crippen molar-refractivity contribution in [2.24, 2.45) is 4.99 Å². The average molecular weight is 414 g/mol. The van der Waals surface area contributed by atoms with Gasteiger partial charge in [-0.15, -0.1) is 0 Å². The SMILES string of the molecule is CN=C(NCCCOCC(F)(F)F)N1CC2OCCN(Cc3ccccc3)C2C1. The van der Waals surface area contributed by atoms with Crippen molar-refractivity contribution < 1.29 is 22.6 Å². The molecule has 1 aromatic carbocycles. The van der Waals surface area contributed by atoms with Gasteiger partial charge in [0.25, 0.3) is 0 Å². The van der Waals surface area contributed by atoms with Crippen molar-refractivity contribution in [2.45, 2.75) is 31.3 Å². The molecule has 2 aliphatic heterocycles. The minimum Gasteiger partial charge on any atom is -0.373 e. The molecule has 0 aliphatic carbocycles. The summed E-state index contributed by atoms with van der Waals surface area (Å²) in [5.41, 5.74) is 1.29. The van der Waals surface area contributed by atoms with Crippen LogP contribution in [0.3, 0.4) is 0 Å². The summed E-state index contributed by atoms with van der Waals surface area (Å²) in [6.07, 6.45) is -3.67. The van der Waals surface area contributed by atoms with E-state index < -0.39 is 12.8 Å². The summed E-state index contributed by atoms with van der Waals surface area (Å²) >= 11 is 0. The van der Waals surface area contributed by atoms with E-state index in [2.05, 4.69) is 49.1 Å². The molecule has 6 nitrogen and oxygen atoms in total. The lowest BCUT2D eigenvalue weighted by atomic mass is 10.1. The molecule has 2 fully saturated rings. The zero-order chi connectivity index (χ0) is 20.7. The second-order valence-corrected chi connectivity index (χ2v) is 7.33. The van der Waals surface area contributed by atoms with E-state index >= 15 is 0 Å². The third kappa shape index (κ3) is 6.58. The Kier molecular flexibility index (Phi) is 7.74. The summed E-state index contributed by atoms with van der Waals surface area (Å²) in [7, 11) is 1.72. The number of guanidine groups is 1. The van der Waals surface area contributed by atoms with E-state index in [1.807, 2.05) is 6.07 Å². The van der Waals surface area contributed by atoms with E-state index in [4.69, 9.17) is 4.74 Å². The highest BCUT2D eigenvalue weighted by Crippen LogP contribution is 2.24. The predicted octanol–water partition coefficient (Wildman–Crippen LogP) is 2.12. The largest absolute Gasteiger partial charge is 0.411 e. The van der Waals surface area contributed by atoms with Crippen LogP contribution in [0.1, 0.15) is 12.0 Å². The molecular formula is C20H29F3N4O2. The molecule has 2 aliphatic rings. The van der Waals surface area contributed by atoms with Crippen molar-refractivity contribution in [3.63, 3.8) is 0 Å². The van der Waals surface area contributed by atoms with Crippen LogP contribution in [0.25, 0.3) is 0 Å². The van der Waals surface area contributed by atoms with Crippen molar-refractivity contribution in [1.29, 1.82) is 0 Å². The molecule has 0 spiro atoms. The first-order valence-electron chi connectivity index (χ1n) is 9.96. The second-order valence-electron chi connectivity index (χ2n) is 7.33. The molecule has 162 valence electrons. The van der Waals surface area contributed by atoms with Gasteiger partial charge in [0.15, 0.2) is 5.96 Å². The van der Waals surface area contributed by atoms with E-state index in [-0.39, 0.29) is 18.8 Å². The number of nitrogens with one attached hydrogen (secondary N) is 1. The monoisotopic (exact) mass is 414 g/mol. The molecule has 0 amide bonds. The van der Waals surface area contributed by atoms with Crippen molar-refractivity contribution in [3.8, 4) is 0 Å². The molecule has 0 radical (unpaired) electrons. The fourth-order valence-electron chi connectivity index (χ4n) is 3.84. The van der Waals surface area contributed by atoms with Crippen LogP contribution >= 0.6 is 0 Å². The first kappa shape index (κ1) is 21.9. The highest BCUT2D eigenvalue weighted by Gasteiger charge is 2.41. The summed E-state index contributed by atoms with van der Waals surface area (Å²) < 4.78 is 46.9. The Morgan fingerprint density at radius 1 is 1.28 bits per heavy atom. The maximum Gasteiger partial charge on any atom is 0.411 e. The Hall–Kier alpha value is -1.84. The molecule has 29 heavy (non-hydrogen) atoms. The number of likely N-dealkylation sites (tertiary alicyclic amines) is 1. The van der Waals surface area contributed by atoms with E-state index in [0.717, 1.165) is 32.1 Å². The topological polar surface area (TPSA) is 49.3 Å². The summed E-state index contributed by atoms with van der Waals surface area (Å²) in [5, 5.41) is 3.22. The van der Waals surface area contributed by atoms with E-state index in [1.54, 1.807) is 7.05 Å². The smallest absolute Gasteiger partial charge is 0.373 e. The lowest BCUT2D eigenvalue weighted by molar-refractivity contribution is -0.173. The van der Waals surface area contributed by atoms with Crippen molar-refractivity contribution in [2.75, 3.05) is 53.0 Å². The Labute approximate surface area is 169 Å². The number of ether oxygens (including phenoxy) is 2. The number of aliphatic imine (C=N–C) groups is 1. The highest BCUT2D eigenvalue weighted by molar-refractivity contribution is 5.80. The average Bonchev–Trinajstić information content (AvgIpc) is 3.12. The third-order valence-electron chi connectivity index (χ3n) is 5.17. The van der Waals surface area contributed by atoms with Crippen molar-refractivity contribution in [3.05, 3.63) is 35.9 Å². The molecule has 0 aromatic heterocycles. The Bertz CT molecular complexity index is 657. The normalized spacial score (nSPS) is 23.3. The zero-order valence-electron chi connectivity index (χ0n) is 16.7. The number of hydrogen-bond acceptors (Lipinski definition) is 4. The predicted molar refractivity (Wildman–Crippen MR) is 105 cm³/mol. The summed E-state index contributed by atoms with van der Waals surface area (Å²) in [4.78, 5) is 8.95. The summed E-state index contributed by atoms with van der Waals surface area (Å²) in [6, 6.07) is 10.7. The number of nitrogens with zero attached hydrogens (tertiary/aromatic N) is 3. The van der Waals surface area contributed by atoms with Crippen LogP contribution in [0.4, 0.5) is 13.2 Å². The molecule has 1 N–H and O–H groups in total. The number of halogens is 3. The lowest BCUT2D eigenvalue weighted by Gasteiger charge is -2.36. The Morgan fingerprint density at radius 2 is 2.07 bits per heavy atom. The fraction of sp³-hybridized carbons (Fsp3) is 0.650. The van der Waals surface area contributed by atoms with Gasteiger partial charge in [0, 0.05) is 46.4 Å². The maximum atomic E-state index is 12.1. The van der Waals surface area contributed by atoms with E-state index in [1.165, 1.54) is 5.56 Å². The van der Waals surface area contributed by atoms with Gasteiger partial charge in [-0.3, -0.25) is 9.89 Å². The zero-order valence-corrected chi connectivity index (χ0v) is 16.7. The number of morpholine rings is 1. The number of rotatable bonds is 7. The van der Waals surface area contributed by atoms with Crippen LogP contribution in [0, 0.1) is 0 Å². The van der Waals surface area contributed by atoms with E-state index in [0.29, 0.717) is 19.6 Å². The minimum atomic E-state index is -4.28. The Morgan fingerprint density at radius 3 is 2.79 bits per heavy atom. The van der Waals surface area contributed by atoms with Gasteiger partial charge in [0.05, 0.1) is 18.8 Å². The van der Waals surface area contributed by atoms with Crippen LogP contribution < -0.4 is 5.32 Å².